The molecule has 1 aliphatic heterocycles. The van der Waals surface area contributed by atoms with Gasteiger partial charge in [0.2, 0.25) is 5.88 Å². The van der Waals surface area contributed by atoms with Crippen molar-refractivity contribution in [3.05, 3.63) is 47.5 Å². The number of hydrogen-bond donors (Lipinski definition) is 1. The van der Waals surface area contributed by atoms with Crippen LogP contribution in [-0.2, 0) is 16.0 Å². The minimum atomic E-state index is -0.00373. The fraction of sp³-hybridized carbons (Fsp3) is 0.476. The quantitative estimate of drug-likeness (QED) is 0.487. The van der Waals surface area contributed by atoms with Crippen LogP contribution in [0.4, 0.5) is 11.5 Å². The molecule has 29 heavy (non-hydrogen) atoms. The second-order valence-electron chi connectivity index (χ2n) is 6.69. The number of nitrogens with zero attached hydrogens (tertiary/aromatic N) is 4. The van der Waals surface area contributed by atoms with Gasteiger partial charge < -0.3 is 24.2 Å². The number of morpholine rings is 1. The molecule has 0 radical (unpaired) electrons. The van der Waals surface area contributed by atoms with Crippen molar-refractivity contribution >= 4 is 11.5 Å². The maximum atomic E-state index is 8.76. The number of aryl methyl sites for hydroxylation is 1. The lowest BCUT2D eigenvalue weighted by molar-refractivity contribution is 0.0695. The number of aromatic nitrogens is 1. The number of hydrogen-bond acceptors (Lipinski definition) is 8. The van der Waals surface area contributed by atoms with Crippen LogP contribution in [0.15, 0.2) is 46.6 Å². The Hall–Kier alpha value is -2.55. The van der Waals surface area contributed by atoms with Gasteiger partial charge in [0, 0.05) is 30.9 Å². The summed E-state index contributed by atoms with van der Waals surface area (Å²) in [6.45, 7) is 6.58. The van der Waals surface area contributed by atoms with Gasteiger partial charge in [-0.3, -0.25) is 0 Å². The standard InChI is InChI=1S/C21H28N4O4/c1-17-3-2-4-18(13-17)16-22-24-20-14-19(25-5-8-27-9-6-25)15-21(23-20)29-12-11-28-10-7-26/h2-4,13-15,26H,5-12,16H2,1H3. The van der Waals surface area contributed by atoms with Gasteiger partial charge in [-0.05, 0) is 12.5 Å². The molecule has 1 aromatic heterocycles. The summed E-state index contributed by atoms with van der Waals surface area (Å²) in [6, 6.07) is 12.0. The number of ether oxygens (including phenoxy) is 3. The van der Waals surface area contributed by atoms with Crippen LogP contribution in [-0.4, -0.2) is 62.8 Å². The summed E-state index contributed by atoms with van der Waals surface area (Å²) in [5, 5.41) is 17.4. The van der Waals surface area contributed by atoms with Gasteiger partial charge in [-0.1, -0.05) is 29.8 Å². The van der Waals surface area contributed by atoms with Crippen molar-refractivity contribution in [2.75, 3.05) is 57.6 Å². The highest BCUT2D eigenvalue weighted by molar-refractivity contribution is 5.55. The average Bonchev–Trinajstić information content (AvgIpc) is 2.74. The monoisotopic (exact) mass is 400 g/mol. The van der Waals surface area contributed by atoms with Crippen LogP contribution in [0.1, 0.15) is 11.1 Å². The van der Waals surface area contributed by atoms with E-state index in [-0.39, 0.29) is 6.61 Å². The minimum Gasteiger partial charge on any atom is -0.475 e. The van der Waals surface area contributed by atoms with Crippen molar-refractivity contribution in [2.24, 2.45) is 10.2 Å². The molecule has 8 heteroatoms. The molecule has 3 rings (SSSR count). The Bertz CT molecular complexity index is 794. The predicted octanol–water partition coefficient (Wildman–Crippen LogP) is 2.90. The molecule has 0 spiro atoms. The Morgan fingerprint density at radius 1 is 1.14 bits per heavy atom. The molecule has 0 amide bonds. The summed E-state index contributed by atoms with van der Waals surface area (Å²) >= 11 is 0. The number of azo groups is 1. The number of aliphatic hydroxyl groups excluding tert-OH is 1. The highest BCUT2D eigenvalue weighted by atomic mass is 16.5. The number of pyridine rings is 1. The topological polar surface area (TPSA) is 88.8 Å². The zero-order valence-electron chi connectivity index (χ0n) is 16.8. The molecule has 1 saturated heterocycles. The predicted molar refractivity (Wildman–Crippen MR) is 110 cm³/mol. The molecule has 1 N–H and O–H groups in total. The van der Waals surface area contributed by atoms with E-state index in [1.165, 1.54) is 5.56 Å². The van der Waals surface area contributed by atoms with E-state index in [0.29, 0.717) is 51.3 Å². The van der Waals surface area contributed by atoms with Crippen LogP contribution < -0.4 is 9.64 Å². The molecule has 0 aliphatic carbocycles. The Kier molecular flexibility index (Phi) is 8.36. The molecular weight excluding hydrogens is 372 g/mol. The number of benzene rings is 1. The Labute approximate surface area is 171 Å². The fourth-order valence-corrected chi connectivity index (χ4v) is 2.98. The molecule has 1 aromatic carbocycles. The van der Waals surface area contributed by atoms with Gasteiger partial charge in [0.1, 0.15) is 6.61 Å². The maximum Gasteiger partial charge on any atom is 0.217 e. The number of anilines is 1. The van der Waals surface area contributed by atoms with Gasteiger partial charge in [0.15, 0.2) is 5.82 Å². The summed E-state index contributed by atoms with van der Waals surface area (Å²) in [5.74, 6) is 0.985. The molecule has 0 atom stereocenters. The van der Waals surface area contributed by atoms with Gasteiger partial charge in [0.05, 0.1) is 39.6 Å². The molecule has 156 valence electrons. The largest absolute Gasteiger partial charge is 0.475 e. The first-order valence-corrected chi connectivity index (χ1v) is 9.84. The van der Waals surface area contributed by atoms with Crippen LogP contribution in [0.25, 0.3) is 0 Å². The normalized spacial score (nSPS) is 14.5. The van der Waals surface area contributed by atoms with E-state index < -0.39 is 0 Å². The van der Waals surface area contributed by atoms with Crippen molar-refractivity contribution in [3.63, 3.8) is 0 Å². The zero-order chi connectivity index (χ0) is 20.3. The summed E-state index contributed by atoms with van der Waals surface area (Å²) in [5.41, 5.74) is 3.29. The van der Waals surface area contributed by atoms with E-state index >= 15 is 0 Å². The van der Waals surface area contributed by atoms with Crippen LogP contribution in [0.2, 0.25) is 0 Å². The molecule has 0 saturated carbocycles. The van der Waals surface area contributed by atoms with Crippen LogP contribution >= 0.6 is 0 Å². The molecule has 2 aromatic rings. The van der Waals surface area contributed by atoms with Gasteiger partial charge in [-0.25, -0.2) is 0 Å². The van der Waals surface area contributed by atoms with E-state index in [4.69, 9.17) is 19.3 Å². The lowest BCUT2D eigenvalue weighted by Crippen LogP contribution is -2.36. The second-order valence-corrected chi connectivity index (χ2v) is 6.69. The SMILES string of the molecule is Cc1cccc(CN=Nc2cc(N3CCOCC3)cc(OCCOCCO)n2)c1. The van der Waals surface area contributed by atoms with Gasteiger partial charge >= 0.3 is 0 Å². The molecule has 1 fully saturated rings. The van der Waals surface area contributed by atoms with Gasteiger partial charge in [0.25, 0.3) is 0 Å². The third-order valence-corrected chi connectivity index (χ3v) is 4.37. The Morgan fingerprint density at radius 3 is 2.79 bits per heavy atom. The van der Waals surface area contributed by atoms with Crippen molar-refractivity contribution in [2.45, 2.75) is 13.5 Å². The number of rotatable bonds is 10. The van der Waals surface area contributed by atoms with Crippen molar-refractivity contribution < 1.29 is 19.3 Å². The van der Waals surface area contributed by atoms with Crippen molar-refractivity contribution in [1.29, 1.82) is 0 Å². The third kappa shape index (κ3) is 7.08. The summed E-state index contributed by atoms with van der Waals surface area (Å²) < 4.78 is 16.4. The summed E-state index contributed by atoms with van der Waals surface area (Å²) in [6.07, 6.45) is 0. The minimum absolute atomic E-state index is 0.00373. The summed E-state index contributed by atoms with van der Waals surface area (Å²) in [7, 11) is 0. The highest BCUT2D eigenvalue weighted by Crippen LogP contribution is 2.26. The maximum absolute atomic E-state index is 8.76. The first-order valence-electron chi connectivity index (χ1n) is 9.84. The van der Waals surface area contributed by atoms with E-state index in [0.717, 1.165) is 24.3 Å². The van der Waals surface area contributed by atoms with Crippen LogP contribution in [0.3, 0.4) is 0 Å². The molecular formula is C21H28N4O4. The van der Waals surface area contributed by atoms with E-state index in [2.05, 4.69) is 39.2 Å². The molecule has 8 nitrogen and oxygen atoms in total. The van der Waals surface area contributed by atoms with Crippen LogP contribution in [0.5, 0.6) is 5.88 Å². The van der Waals surface area contributed by atoms with E-state index in [1.54, 1.807) is 0 Å². The lowest BCUT2D eigenvalue weighted by Gasteiger charge is -2.29. The summed E-state index contributed by atoms with van der Waals surface area (Å²) in [4.78, 5) is 6.67. The van der Waals surface area contributed by atoms with Gasteiger partial charge in [-0.2, -0.15) is 10.1 Å². The first kappa shape index (κ1) is 21.2. The lowest BCUT2D eigenvalue weighted by atomic mass is 10.1. The highest BCUT2D eigenvalue weighted by Gasteiger charge is 2.14. The molecule has 0 bridgehead atoms. The van der Waals surface area contributed by atoms with E-state index in [1.807, 2.05) is 24.3 Å². The van der Waals surface area contributed by atoms with Crippen molar-refractivity contribution in [3.8, 4) is 5.88 Å². The molecule has 2 heterocycles. The molecule has 0 unspecified atom stereocenters. The average molecular weight is 400 g/mol. The van der Waals surface area contributed by atoms with E-state index in [9.17, 15) is 0 Å². The van der Waals surface area contributed by atoms with Gasteiger partial charge in [-0.15, -0.1) is 5.11 Å². The second kappa shape index (κ2) is 11.5. The number of aliphatic hydroxyl groups is 1. The fourth-order valence-electron chi connectivity index (χ4n) is 2.98. The smallest absolute Gasteiger partial charge is 0.217 e. The van der Waals surface area contributed by atoms with Crippen LogP contribution in [0, 0.1) is 6.92 Å². The third-order valence-electron chi connectivity index (χ3n) is 4.37. The molecule has 1 aliphatic rings. The Morgan fingerprint density at radius 2 is 2.00 bits per heavy atom. The van der Waals surface area contributed by atoms with Crippen molar-refractivity contribution in [1.82, 2.24) is 4.98 Å². The Balaban J connectivity index is 1.69. The zero-order valence-corrected chi connectivity index (χ0v) is 16.8. The first-order chi connectivity index (χ1) is 14.2.